The Bertz CT molecular complexity index is 1420. The number of nitriles is 1. The van der Waals surface area contributed by atoms with Crippen LogP contribution < -0.4 is 5.32 Å². The topological polar surface area (TPSA) is 114 Å². The largest absolute Gasteiger partial charge is 0.340 e. The van der Waals surface area contributed by atoms with Gasteiger partial charge in [-0.3, -0.25) is 5.10 Å². The molecule has 2 aromatic heterocycles. The van der Waals surface area contributed by atoms with Gasteiger partial charge in [-0.2, -0.15) is 10.4 Å². The minimum atomic E-state index is -0.0389. The van der Waals surface area contributed by atoms with Crippen LogP contribution in [-0.2, 0) is 13.1 Å². The van der Waals surface area contributed by atoms with Crippen molar-refractivity contribution >= 4 is 17.5 Å². The summed E-state index contributed by atoms with van der Waals surface area (Å²) in [7, 11) is 0. The maximum Gasteiger partial charge on any atom is 0.320 e. The molecule has 0 atom stereocenters. The van der Waals surface area contributed by atoms with Gasteiger partial charge in [0.15, 0.2) is 5.82 Å². The van der Waals surface area contributed by atoms with Gasteiger partial charge in [-0.25, -0.2) is 14.8 Å². The molecule has 9 heteroatoms. The lowest BCUT2D eigenvalue weighted by Crippen LogP contribution is -2.53. The molecule has 2 amide bonds. The highest BCUT2D eigenvalue weighted by Crippen LogP contribution is 2.30. The molecule has 6 rings (SSSR count). The molecule has 0 spiro atoms. The average molecular weight is 463 g/mol. The molecule has 1 saturated heterocycles. The lowest BCUT2D eigenvalue weighted by molar-refractivity contribution is 0.108. The predicted octanol–water partition coefficient (Wildman–Crippen LogP) is 4.17. The van der Waals surface area contributed by atoms with Crippen molar-refractivity contribution in [2.24, 2.45) is 5.92 Å². The minimum absolute atomic E-state index is 0.00418. The summed E-state index contributed by atoms with van der Waals surface area (Å²) < 4.78 is 0. The van der Waals surface area contributed by atoms with Gasteiger partial charge in [0.2, 0.25) is 0 Å². The Kier molecular flexibility index (Phi) is 5.11. The minimum Gasteiger partial charge on any atom is -0.340 e. The molecule has 2 aliphatic heterocycles. The van der Waals surface area contributed by atoms with Crippen molar-refractivity contribution < 1.29 is 4.79 Å². The summed E-state index contributed by atoms with van der Waals surface area (Å²) in [5.74, 6) is 1.29. The highest BCUT2D eigenvalue weighted by atomic mass is 16.2. The van der Waals surface area contributed by atoms with Gasteiger partial charge in [0, 0.05) is 55.4 Å². The first-order valence-electron chi connectivity index (χ1n) is 11.4. The summed E-state index contributed by atoms with van der Waals surface area (Å²) in [5, 5.41) is 19.1. The Morgan fingerprint density at radius 2 is 1.80 bits per heavy atom. The number of hydrogen-bond acceptors (Lipinski definition) is 6. The number of fused-ring (bicyclic) bond motifs is 1. The number of benzene rings is 2. The van der Waals surface area contributed by atoms with E-state index in [4.69, 9.17) is 10.2 Å². The summed E-state index contributed by atoms with van der Waals surface area (Å²) in [4.78, 5) is 25.5. The third-order valence-corrected chi connectivity index (χ3v) is 6.44. The molecule has 0 saturated carbocycles. The number of amides is 2. The Balaban J connectivity index is 1.15. The maximum absolute atomic E-state index is 12.7. The predicted molar refractivity (Wildman–Crippen MR) is 130 cm³/mol. The Morgan fingerprint density at radius 1 is 1.00 bits per heavy atom. The number of aromatic amines is 1. The van der Waals surface area contributed by atoms with Crippen LogP contribution >= 0.6 is 0 Å². The van der Waals surface area contributed by atoms with Gasteiger partial charge in [-0.1, -0.05) is 24.3 Å². The van der Waals surface area contributed by atoms with Crippen molar-refractivity contribution in [1.29, 1.82) is 5.26 Å². The second-order valence-corrected chi connectivity index (χ2v) is 8.81. The van der Waals surface area contributed by atoms with Crippen LogP contribution in [0.3, 0.4) is 0 Å². The van der Waals surface area contributed by atoms with Crippen LogP contribution in [-0.4, -0.2) is 49.1 Å². The summed E-state index contributed by atoms with van der Waals surface area (Å²) in [6.07, 6.45) is 5.39. The molecule has 4 heterocycles. The lowest BCUT2D eigenvalue weighted by atomic mass is 10.0. The molecule has 2 aromatic carbocycles. The van der Waals surface area contributed by atoms with E-state index in [0.717, 1.165) is 33.5 Å². The quantitative estimate of drug-likeness (QED) is 0.471. The molecule has 2 aliphatic rings. The van der Waals surface area contributed by atoms with E-state index in [1.807, 2.05) is 53.6 Å². The number of carbonyl (C=O) groups excluding carboxylic acids is 1. The molecule has 0 radical (unpaired) electrons. The van der Waals surface area contributed by atoms with E-state index in [1.165, 1.54) is 0 Å². The Morgan fingerprint density at radius 3 is 2.57 bits per heavy atom. The van der Waals surface area contributed by atoms with Gasteiger partial charge in [0.05, 0.1) is 18.2 Å². The van der Waals surface area contributed by atoms with Crippen LogP contribution in [0.5, 0.6) is 0 Å². The third-order valence-electron chi connectivity index (χ3n) is 6.44. The SMILES string of the molecule is N#CC1CN(C(=O)N2Cc3ccc(-c4nccc(Nc5ccc(-c6cn[nH]c6)cc5)n4)cc3C2)C1. The van der Waals surface area contributed by atoms with Gasteiger partial charge in [0.25, 0.3) is 0 Å². The Labute approximate surface area is 202 Å². The zero-order valence-corrected chi connectivity index (χ0v) is 18.8. The summed E-state index contributed by atoms with van der Waals surface area (Å²) in [6.45, 7) is 2.18. The second kappa shape index (κ2) is 8.57. The van der Waals surface area contributed by atoms with E-state index in [1.54, 1.807) is 17.3 Å². The number of anilines is 2. The lowest BCUT2D eigenvalue weighted by Gasteiger charge is -2.37. The number of urea groups is 1. The van der Waals surface area contributed by atoms with Crippen molar-refractivity contribution in [1.82, 2.24) is 30.0 Å². The van der Waals surface area contributed by atoms with Crippen LogP contribution in [0.1, 0.15) is 11.1 Å². The van der Waals surface area contributed by atoms with Crippen LogP contribution in [0.4, 0.5) is 16.3 Å². The highest BCUT2D eigenvalue weighted by molar-refractivity contribution is 5.76. The number of H-pyrrole nitrogens is 1. The molecule has 0 aliphatic carbocycles. The van der Waals surface area contributed by atoms with Gasteiger partial charge >= 0.3 is 6.03 Å². The highest BCUT2D eigenvalue weighted by Gasteiger charge is 2.35. The molecule has 0 bridgehead atoms. The molecule has 172 valence electrons. The van der Waals surface area contributed by atoms with E-state index in [0.29, 0.717) is 37.8 Å². The number of nitrogens with one attached hydrogen (secondary N) is 2. The van der Waals surface area contributed by atoms with Crippen LogP contribution in [0, 0.1) is 17.2 Å². The summed E-state index contributed by atoms with van der Waals surface area (Å²) in [5.41, 5.74) is 6.18. The molecule has 35 heavy (non-hydrogen) atoms. The number of carbonyl (C=O) groups is 1. The van der Waals surface area contributed by atoms with E-state index < -0.39 is 0 Å². The van der Waals surface area contributed by atoms with Crippen molar-refractivity contribution in [3.8, 4) is 28.6 Å². The first-order chi connectivity index (χ1) is 17.2. The van der Waals surface area contributed by atoms with Gasteiger partial charge in [0.1, 0.15) is 5.82 Å². The fraction of sp³-hybridized carbons (Fsp3) is 0.192. The average Bonchev–Trinajstić information content (AvgIpc) is 3.54. The van der Waals surface area contributed by atoms with E-state index in [2.05, 4.69) is 32.6 Å². The van der Waals surface area contributed by atoms with Gasteiger partial charge in [-0.15, -0.1) is 0 Å². The van der Waals surface area contributed by atoms with Crippen molar-refractivity contribution in [3.63, 3.8) is 0 Å². The van der Waals surface area contributed by atoms with Gasteiger partial charge < -0.3 is 15.1 Å². The second-order valence-electron chi connectivity index (χ2n) is 8.81. The third kappa shape index (κ3) is 4.06. The zero-order valence-electron chi connectivity index (χ0n) is 18.8. The summed E-state index contributed by atoms with van der Waals surface area (Å²) >= 11 is 0. The molecular formula is C26H22N8O. The first kappa shape index (κ1) is 20.9. The number of aromatic nitrogens is 4. The van der Waals surface area contributed by atoms with Gasteiger partial charge in [-0.05, 0) is 41.0 Å². The molecule has 9 nitrogen and oxygen atoms in total. The van der Waals surface area contributed by atoms with E-state index in [-0.39, 0.29) is 11.9 Å². The smallest absolute Gasteiger partial charge is 0.320 e. The number of nitrogens with zero attached hydrogens (tertiary/aromatic N) is 6. The number of hydrogen-bond donors (Lipinski definition) is 2. The molecule has 2 N–H and O–H groups in total. The molecule has 4 aromatic rings. The van der Waals surface area contributed by atoms with Crippen molar-refractivity contribution in [2.45, 2.75) is 13.1 Å². The molecule has 1 fully saturated rings. The first-order valence-corrected chi connectivity index (χ1v) is 11.4. The Hall–Kier alpha value is -4.71. The van der Waals surface area contributed by atoms with Crippen LogP contribution in [0.25, 0.3) is 22.5 Å². The number of likely N-dealkylation sites (tertiary alicyclic amines) is 1. The monoisotopic (exact) mass is 462 g/mol. The van der Waals surface area contributed by atoms with E-state index in [9.17, 15) is 4.79 Å². The van der Waals surface area contributed by atoms with Crippen molar-refractivity contribution in [2.75, 3.05) is 18.4 Å². The van der Waals surface area contributed by atoms with Crippen molar-refractivity contribution in [3.05, 3.63) is 78.2 Å². The maximum atomic E-state index is 12.7. The normalized spacial score (nSPS) is 14.8. The fourth-order valence-electron chi connectivity index (χ4n) is 4.46. The number of rotatable bonds is 4. The van der Waals surface area contributed by atoms with E-state index >= 15 is 0 Å². The molecular weight excluding hydrogens is 440 g/mol. The molecule has 0 unspecified atom stereocenters. The van der Waals surface area contributed by atoms with Crippen LogP contribution in [0.2, 0.25) is 0 Å². The zero-order chi connectivity index (χ0) is 23.8. The van der Waals surface area contributed by atoms with Crippen LogP contribution in [0.15, 0.2) is 67.1 Å². The summed E-state index contributed by atoms with van der Waals surface area (Å²) in [6, 6.07) is 18.2. The fourth-order valence-corrected chi connectivity index (χ4v) is 4.46. The standard InChI is InChI=1S/C26H22N8O/c27-10-17-13-33(14-17)26(35)34-15-20-2-1-19(9-21(20)16-34)25-28-8-7-24(32-25)31-23-5-3-18(4-6-23)22-11-29-30-12-22/h1-9,11-12,17H,13-16H2,(H,29,30)(H,28,31,32).